The second-order valence-electron chi connectivity index (χ2n) is 12.8. The third-order valence-electron chi connectivity index (χ3n) is 8.39. The van der Waals surface area contributed by atoms with Gasteiger partial charge in [0.15, 0.2) is 6.04 Å². The second-order valence-corrected chi connectivity index (χ2v) is 12.8. The zero-order valence-corrected chi connectivity index (χ0v) is 28.0. The van der Waals surface area contributed by atoms with E-state index < -0.39 is 59.9 Å². The van der Waals surface area contributed by atoms with Crippen LogP contribution in [-0.2, 0) is 35.3 Å². The number of hydrogen-bond donors (Lipinski definition) is 4. The molecule has 10 nitrogen and oxygen atoms in total. The Hall–Kier alpha value is -2.98. The predicted molar refractivity (Wildman–Crippen MR) is 174 cm³/mol. The maximum Gasteiger partial charge on any atom is 0.331 e. The van der Waals surface area contributed by atoms with Crippen LogP contribution in [0.15, 0.2) is 30.3 Å². The molecule has 1 saturated heterocycles. The summed E-state index contributed by atoms with van der Waals surface area (Å²) in [6.07, 6.45) is 9.92. The highest BCUT2D eigenvalue weighted by Crippen LogP contribution is 2.20. The number of rotatable bonds is 17. The molecule has 1 heterocycles. The highest BCUT2D eigenvalue weighted by molar-refractivity contribution is 5.94. The topological polar surface area (TPSA) is 143 Å². The van der Waals surface area contributed by atoms with Gasteiger partial charge in [0.25, 0.3) is 0 Å². The fourth-order valence-corrected chi connectivity index (χ4v) is 5.41. The number of amides is 3. The molecule has 1 aliphatic rings. The molecule has 45 heavy (non-hydrogen) atoms. The van der Waals surface area contributed by atoms with E-state index in [-0.39, 0.29) is 19.1 Å². The van der Waals surface area contributed by atoms with Crippen molar-refractivity contribution in [2.45, 2.75) is 142 Å². The van der Waals surface area contributed by atoms with Crippen LogP contribution in [0.4, 0.5) is 0 Å². The summed E-state index contributed by atoms with van der Waals surface area (Å²) in [4.78, 5) is 53.6. The van der Waals surface area contributed by atoms with Crippen molar-refractivity contribution < 1.29 is 33.8 Å². The van der Waals surface area contributed by atoms with E-state index in [0.29, 0.717) is 6.42 Å². The molecule has 10 heteroatoms. The van der Waals surface area contributed by atoms with Crippen molar-refractivity contribution in [2.75, 3.05) is 6.61 Å². The van der Waals surface area contributed by atoms with Crippen molar-refractivity contribution in [3.63, 3.8) is 0 Å². The molecule has 1 fully saturated rings. The summed E-state index contributed by atoms with van der Waals surface area (Å²) >= 11 is 0. The van der Waals surface area contributed by atoms with Gasteiger partial charge in [-0.1, -0.05) is 116 Å². The fraction of sp³-hybridized carbons (Fsp3) is 0.714. The van der Waals surface area contributed by atoms with E-state index in [4.69, 9.17) is 9.47 Å². The number of esters is 1. The van der Waals surface area contributed by atoms with Gasteiger partial charge < -0.3 is 30.5 Å². The lowest BCUT2D eigenvalue weighted by Crippen LogP contribution is -2.60. The zero-order valence-electron chi connectivity index (χ0n) is 28.0. The first-order valence-electron chi connectivity index (χ1n) is 17.0. The van der Waals surface area contributed by atoms with Gasteiger partial charge in [0.2, 0.25) is 17.7 Å². The van der Waals surface area contributed by atoms with E-state index in [1.54, 1.807) is 20.8 Å². The smallest absolute Gasteiger partial charge is 0.331 e. The van der Waals surface area contributed by atoms with E-state index in [2.05, 4.69) is 22.9 Å². The van der Waals surface area contributed by atoms with Crippen LogP contribution in [-0.4, -0.2) is 65.7 Å². The van der Waals surface area contributed by atoms with Crippen molar-refractivity contribution in [3.8, 4) is 0 Å². The summed E-state index contributed by atoms with van der Waals surface area (Å²) in [6, 6.07) is 5.87. The van der Waals surface area contributed by atoms with Gasteiger partial charge in [0.1, 0.15) is 18.2 Å². The first kappa shape index (κ1) is 38.2. The van der Waals surface area contributed by atoms with Crippen LogP contribution in [0, 0.1) is 11.8 Å². The highest BCUT2D eigenvalue weighted by atomic mass is 16.5. The Bertz CT molecular complexity index is 1030. The van der Waals surface area contributed by atoms with E-state index >= 15 is 0 Å². The number of hydrogen-bond acceptors (Lipinski definition) is 7. The molecule has 0 bridgehead atoms. The molecule has 0 aromatic heterocycles. The lowest BCUT2D eigenvalue weighted by Gasteiger charge is -2.28. The number of aliphatic hydroxyl groups excluding tert-OH is 1. The van der Waals surface area contributed by atoms with Crippen LogP contribution in [0.1, 0.15) is 111 Å². The van der Waals surface area contributed by atoms with Gasteiger partial charge in [-0.3, -0.25) is 14.4 Å². The van der Waals surface area contributed by atoms with E-state index in [9.17, 15) is 24.3 Å². The number of cyclic esters (lactones) is 1. The Morgan fingerprint density at radius 3 is 1.91 bits per heavy atom. The number of nitrogens with one attached hydrogen (secondary N) is 3. The van der Waals surface area contributed by atoms with Crippen LogP contribution in [0.3, 0.4) is 0 Å². The molecule has 0 radical (unpaired) electrons. The summed E-state index contributed by atoms with van der Waals surface area (Å²) in [5.41, 5.74) is 0.889. The zero-order chi connectivity index (χ0) is 33.2. The SMILES string of the molecule is CCCCCCCCCCCC[C@@H]1OC(=O)[C@H](COCc2ccccc2)NC(=O)[C@@H](C(C)O)NC(=O)[C@H](C(C)C)NC(=O)[C@H]1C. The van der Waals surface area contributed by atoms with Crippen molar-refractivity contribution in [1.29, 1.82) is 0 Å². The van der Waals surface area contributed by atoms with E-state index in [1.807, 2.05) is 30.3 Å². The van der Waals surface area contributed by atoms with E-state index in [0.717, 1.165) is 31.2 Å². The minimum Gasteiger partial charge on any atom is -0.460 e. The van der Waals surface area contributed by atoms with Crippen molar-refractivity contribution in [1.82, 2.24) is 16.0 Å². The summed E-state index contributed by atoms with van der Waals surface area (Å²) in [5, 5.41) is 18.4. The quantitative estimate of drug-likeness (QED) is 0.146. The van der Waals surface area contributed by atoms with Gasteiger partial charge in [-0.25, -0.2) is 4.79 Å². The molecule has 0 saturated carbocycles. The van der Waals surface area contributed by atoms with Gasteiger partial charge in [0, 0.05) is 0 Å². The number of ether oxygens (including phenoxy) is 2. The third-order valence-corrected chi connectivity index (χ3v) is 8.39. The van der Waals surface area contributed by atoms with Gasteiger partial charge in [-0.15, -0.1) is 0 Å². The molecular formula is C35H57N3O7. The summed E-state index contributed by atoms with van der Waals surface area (Å²) in [5.74, 6) is -3.54. The Balaban J connectivity index is 2.19. The number of aliphatic hydroxyl groups is 1. The van der Waals surface area contributed by atoms with Gasteiger partial charge in [-0.05, 0) is 31.2 Å². The Labute approximate surface area is 269 Å². The highest BCUT2D eigenvalue weighted by Gasteiger charge is 2.37. The fourth-order valence-electron chi connectivity index (χ4n) is 5.41. The largest absolute Gasteiger partial charge is 0.460 e. The molecule has 1 aromatic rings. The number of unbranched alkanes of at least 4 members (excludes halogenated alkanes) is 9. The lowest BCUT2D eigenvalue weighted by molar-refractivity contribution is -0.159. The lowest BCUT2D eigenvalue weighted by atomic mass is 9.95. The molecule has 4 N–H and O–H groups in total. The monoisotopic (exact) mass is 631 g/mol. The molecule has 1 aromatic carbocycles. The summed E-state index contributed by atoms with van der Waals surface area (Å²) in [6.45, 7) is 8.85. The third kappa shape index (κ3) is 13.9. The van der Waals surface area contributed by atoms with Crippen LogP contribution in [0.5, 0.6) is 0 Å². The van der Waals surface area contributed by atoms with Crippen molar-refractivity contribution in [3.05, 3.63) is 35.9 Å². The maximum absolute atomic E-state index is 13.6. The Morgan fingerprint density at radius 2 is 1.33 bits per heavy atom. The molecule has 2 rings (SSSR count). The normalized spacial score (nSPS) is 24.0. The van der Waals surface area contributed by atoms with E-state index in [1.165, 1.54) is 45.4 Å². The van der Waals surface area contributed by atoms with Crippen molar-refractivity contribution >= 4 is 23.7 Å². The Kier molecular flexibility index (Phi) is 17.8. The number of carbonyl (C=O) groups is 4. The minimum absolute atomic E-state index is 0.194. The Morgan fingerprint density at radius 1 is 0.778 bits per heavy atom. The van der Waals surface area contributed by atoms with Crippen LogP contribution >= 0.6 is 0 Å². The van der Waals surface area contributed by atoms with Crippen molar-refractivity contribution in [2.24, 2.45) is 11.8 Å². The van der Waals surface area contributed by atoms with Gasteiger partial charge in [0.05, 0.1) is 25.2 Å². The minimum atomic E-state index is -1.36. The molecule has 6 atom stereocenters. The molecule has 1 aliphatic heterocycles. The second kappa shape index (κ2) is 20.9. The maximum atomic E-state index is 13.6. The molecule has 1 unspecified atom stereocenters. The van der Waals surface area contributed by atoms with Crippen LogP contribution in [0.25, 0.3) is 0 Å². The van der Waals surface area contributed by atoms with Crippen LogP contribution < -0.4 is 16.0 Å². The summed E-state index contributed by atoms with van der Waals surface area (Å²) in [7, 11) is 0. The molecule has 0 aliphatic carbocycles. The number of carbonyl (C=O) groups excluding carboxylic acids is 4. The molecular weight excluding hydrogens is 574 g/mol. The average Bonchev–Trinajstić information content (AvgIpc) is 3.01. The molecule has 254 valence electrons. The predicted octanol–water partition coefficient (Wildman–Crippen LogP) is 4.57. The first-order valence-corrected chi connectivity index (χ1v) is 17.0. The molecule has 0 spiro atoms. The van der Waals surface area contributed by atoms with Crippen LogP contribution in [0.2, 0.25) is 0 Å². The van der Waals surface area contributed by atoms with Gasteiger partial charge >= 0.3 is 5.97 Å². The number of benzene rings is 1. The standard InChI is InChI=1S/C35H57N3O7/c1-6-7-8-9-10-11-12-13-14-18-21-29-25(4)32(40)37-30(24(2)3)33(41)38-31(26(5)39)34(42)36-28(35(43)45-29)23-44-22-27-19-16-15-17-20-27/h15-17,19-20,24-26,28-31,39H,6-14,18,21-23H2,1-5H3,(H,36,42)(H,37,40)(H,38,41)/t25-,26?,28-,29-,30-,31+/m0/s1. The summed E-state index contributed by atoms with van der Waals surface area (Å²) < 4.78 is 11.7. The average molecular weight is 632 g/mol. The first-order chi connectivity index (χ1) is 21.5. The molecule has 3 amide bonds. The van der Waals surface area contributed by atoms with Gasteiger partial charge in [-0.2, -0.15) is 0 Å².